The van der Waals surface area contributed by atoms with Crippen molar-refractivity contribution >= 4 is 39.3 Å². The fraction of sp³-hybridized carbons (Fsp3) is 0. The van der Waals surface area contributed by atoms with Crippen molar-refractivity contribution in [2.75, 3.05) is 10.6 Å². The van der Waals surface area contributed by atoms with Gasteiger partial charge in [-0.3, -0.25) is 0 Å². The minimum Gasteiger partial charge on any atom is -0.477 e. The molecule has 21 heavy (non-hydrogen) atoms. The minimum absolute atomic E-state index is 0.0111. The zero-order chi connectivity index (χ0) is 15.4. The fourth-order valence-corrected chi connectivity index (χ4v) is 1.83. The van der Waals surface area contributed by atoms with E-state index in [1.807, 2.05) is 0 Å². The van der Waals surface area contributed by atoms with Gasteiger partial charge in [-0.2, -0.15) is 0 Å². The number of aromatic nitrogens is 1. The molecular formula is C13H9BrFN3O3. The van der Waals surface area contributed by atoms with Crippen LogP contribution in [0.4, 0.5) is 20.6 Å². The number of nitrogens with zero attached hydrogens (tertiary/aromatic N) is 1. The number of urea groups is 1. The number of carbonyl (C=O) groups excluding carboxylic acids is 1. The lowest BCUT2D eigenvalue weighted by atomic mass is 10.3. The molecule has 8 heteroatoms. The number of amides is 2. The van der Waals surface area contributed by atoms with Crippen LogP contribution in [0.25, 0.3) is 0 Å². The summed E-state index contributed by atoms with van der Waals surface area (Å²) >= 11 is 3.17. The van der Waals surface area contributed by atoms with Gasteiger partial charge in [-0.15, -0.1) is 0 Å². The molecule has 108 valence electrons. The largest absolute Gasteiger partial charge is 0.477 e. The van der Waals surface area contributed by atoms with Gasteiger partial charge >= 0.3 is 12.0 Å². The first-order valence-corrected chi connectivity index (χ1v) is 6.47. The number of hydrogen-bond acceptors (Lipinski definition) is 3. The van der Waals surface area contributed by atoms with Crippen LogP contribution in [0, 0.1) is 5.82 Å². The number of benzene rings is 1. The van der Waals surface area contributed by atoms with Gasteiger partial charge in [0.15, 0.2) is 0 Å². The third-order valence-corrected chi connectivity index (χ3v) is 2.91. The molecule has 0 aliphatic heterocycles. The molecule has 2 rings (SSSR count). The Kier molecular flexibility index (Phi) is 4.49. The van der Waals surface area contributed by atoms with Crippen LogP contribution in [-0.4, -0.2) is 22.1 Å². The van der Waals surface area contributed by atoms with Crippen LogP contribution in [0.15, 0.2) is 41.0 Å². The molecule has 1 aromatic carbocycles. The van der Waals surface area contributed by atoms with Crippen LogP contribution in [-0.2, 0) is 0 Å². The molecule has 0 bridgehead atoms. The summed E-state index contributed by atoms with van der Waals surface area (Å²) in [4.78, 5) is 26.0. The SMILES string of the molecule is O=C(Nc1ccc(C(=O)O)nc1)Nc1cc(Br)ccc1F. The zero-order valence-corrected chi connectivity index (χ0v) is 12.0. The Labute approximate surface area is 127 Å². The summed E-state index contributed by atoms with van der Waals surface area (Å²) in [5.74, 6) is -1.74. The highest BCUT2D eigenvalue weighted by atomic mass is 79.9. The molecule has 0 spiro atoms. The lowest BCUT2D eigenvalue weighted by Crippen LogP contribution is -2.20. The molecular weight excluding hydrogens is 345 g/mol. The van der Waals surface area contributed by atoms with Crippen molar-refractivity contribution in [1.29, 1.82) is 0 Å². The van der Waals surface area contributed by atoms with Gasteiger partial charge in [-0.25, -0.2) is 19.0 Å². The zero-order valence-electron chi connectivity index (χ0n) is 10.4. The number of nitrogens with one attached hydrogen (secondary N) is 2. The number of rotatable bonds is 3. The Morgan fingerprint density at radius 3 is 2.57 bits per heavy atom. The normalized spacial score (nSPS) is 10.0. The number of carboxylic acids is 1. The van der Waals surface area contributed by atoms with Gasteiger partial charge in [0.05, 0.1) is 17.6 Å². The van der Waals surface area contributed by atoms with E-state index in [0.29, 0.717) is 4.47 Å². The number of carbonyl (C=O) groups is 2. The maximum atomic E-state index is 13.5. The van der Waals surface area contributed by atoms with Gasteiger partial charge in [0.1, 0.15) is 11.5 Å². The molecule has 0 fully saturated rings. The minimum atomic E-state index is -1.16. The summed E-state index contributed by atoms with van der Waals surface area (Å²) in [5.41, 5.74) is 0.156. The molecule has 6 nitrogen and oxygen atoms in total. The molecule has 2 aromatic rings. The van der Waals surface area contributed by atoms with E-state index in [1.165, 1.54) is 36.5 Å². The monoisotopic (exact) mass is 353 g/mol. The molecule has 0 unspecified atom stereocenters. The molecule has 0 saturated heterocycles. The van der Waals surface area contributed by atoms with Gasteiger partial charge < -0.3 is 15.7 Å². The summed E-state index contributed by atoms with van der Waals surface area (Å²) in [5, 5.41) is 13.5. The van der Waals surface area contributed by atoms with Crippen LogP contribution in [0.2, 0.25) is 0 Å². The third kappa shape index (κ3) is 3.99. The van der Waals surface area contributed by atoms with Crippen LogP contribution in [0.3, 0.4) is 0 Å². The molecule has 0 aliphatic rings. The second kappa shape index (κ2) is 6.31. The standard InChI is InChI=1S/C13H9BrFN3O3/c14-7-1-3-9(15)11(5-7)18-13(21)17-8-2-4-10(12(19)20)16-6-8/h1-6H,(H,19,20)(H2,17,18,21). The highest BCUT2D eigenvalue weighted by Crippen LogP contribution is 2.20. The highest BCUT2D eigenvalue weighted by Gasteiger charge is 2.09. The van der Waals surface area contributed by atoms with Crippen molar-refractivity contribution in [2.24, 2.45) is 0 Å². The van der Waals surface area contributed by atoms with E-state index in [-0.39, 0.29) is 17.1 Å². The van der Waals surface area contributed by atoms with Crippen molar-refractivity contribution in [1.82, 2.24) is 4.98 Å². The van der Waals surface area contributed by atoms with Gasteiger partial charge in [-0.05, 0) is 30.3 Å². The first-order valence-electron chi connectivity index (χ1n) is 5.68. The number of anilines is 2. The number of pyridine rings is 1. The van der Waals surface area contributed by atoms with Crippen molar-refractivity contribution in [3.05, 3.63) is 52.5 Å². The molecule has 0 atom stereocenters. The topological polar surface area (TPSA) is 91.3 Å². The van der Waals surface area contributed by atoms with E-state index in [4.69, 9.17) is 5.11 Å². The number of hydrogen-bond donors (Lipinski definition) is 3. The lowest BCUT2D eigenvalue weighted by molar-refractivity contribution is 0.0690. The average molecular weight is 354 g/mol. The van der Waals surface area contributed by atoms with E-state index < -0.39 is 17.8 Å². The summed E-state index contributed by atoms with van der Waals surface area (Å²) in [7, 11) is 0. The molecule has 1 aromatic heterocycles. The Morgan fingerprint density at radius 2 is 1.95 bits per heavy atom. The number of aromatic carboxylic acids is 1. The Bertz CT molecular complexity index is 692. The Balaban J connectivity index is 2.04. The second-order valence-electron chi connectivity index (χ2n) is 3.94. The van der Waals surface area contributed by atoms with E-state index >= 15 is 0 Å². The second-order valence-corrected chi connectivity index (χ2v) is 4.86. The van der Waals surface area contributed by atoms with Crippen molar-refractivity contribution in [2.45, 2.75) is 0 Å². The van der Waals surface area contributed by atoms with Crippen LogP contribution in [0.1, 0.15) is 10.5 Å². The summed E-state index contributed by atoms with van der Waals surface area (Å²) in [6.07, 6.45) is 1.19. The van der Waals surface area contributed by atoms with Crippen molar-refractivity contribution in [3.63, 3.8) is 0 Å². The number of carboxylic acid groups (broad SMARTS) is 1. The fourth-order valence-electron chi connectivity index (χ4n) is 1.47. The molecule has 2 amide bonds. The quantitative estimate of drug-likeness (QED) is 0.789. The van der Waals surface area contributed by atoms with Crippen LogP contribution < -0.4 is 10.6 Å². The summed E-state index contributed by atoms with van der Waals surface area (Å²) in [6, 6.07) is 6.10. The molecule has 0 saturated carbocycles. The van der Waals surface area contributed by atoms with E-state index in [2.05, 4.69) is 31.5 Å². The van der Waals surface area contributed by atoms with Crippen LogP contribution in [0.5, 0.6) is 0 Å². The molecule has 3 N–H and O–H groups in total. The molecule has 0 radical (unpaired) electrons. The maximum absolute atomic E-state index is 13.5. The summed E-state index contributed by atoms with van der Waals surface area (Å²) in [6.45, 7) is 0. The van der Waals surface area contributed by atoms with Crippen molar-refractivity contribution < 1.29 is 19.1 Å². The summed E-state index contributed by atoms with van der Waals surface area (Å²) < 4.78 is 14.1. The van der Waals surface area contributed by atoms with Gasteiger partial charge in [0.25, 0.3) is 0 Å². The van der Waals surface area contributed by atoms with Crippen LogP contribution >= 0.6 is 15.9 Å². The smallest absolute Gasteiger partial charge is 0.354 e. The first kappa shape index (κ1) is 14.9. The molecule has 1 heterocycles. The first-order chi connectivity index (χ1) is 9.95. The van der Waals surface area contributed by atoms with Crippen molar-refractivity contribution in [3.8, 4) is 0 Å². The predicted molar refractivity (Wildman–Crippen MR) is 77.9 cm³/mol. The van der Waals surface area contributed by atoms with E-state index in [1.54, 1.807) is 0 Å². The lowest BCUT2D eigenvalue weighted by Gasteiger charge is -2.08. The van der Waals surface area contributed by atoms with Gasteiger partial charge in [-0.1, -0.05) is 15.9 Å². The third-order valence-electron chi connectivity index (χ3n) is 2.42. The van der Waals surface area contributed by atoms with Gasteiger partial charge in [0.2, 0.25) is 0 Å². The van der Waals surface area contributed by atoms with E-state index in [0.717, 1.165) is 0 Å². The molecule has 0 aliphatic carbocycles. The van der Waals surface area contributed by atoms with Gasteiger partial charge in [0, 0.05) is 4.47 Å². The predicted octanol–water partition coefficient (Wildman–Crippen LogP) is 3.33. The van der Waals surface area contributed by atoms with E-state index in [9.17, 15) is 14.0 Å². The number of halogens is 2. The Hall–Kier alpha value is -2.48. The Morgan fingerprint density at radius 1 is 1.19 bits per heavy atom. The maximum Gasteiger partial charge on any atom is 0.354 e. The highest BCUT2D eigenvalue weighted by molar-refractivity contribution is 9.10. The average Bonchev–Trinajstić information content (AvgIpc) is 2.43.